The zero-order chi connectivity index (χ0) is 32.0. The van der Waals surface area contributed by atoms with Crippen molar-refractivity contribution in [1.29, 1.82) is 0 Å². The Balaban J connectivity index is 0.000000305. The monoisotopic (exact) mass is 778 g/mol. The zero-order valence-corrected chi connectivity index (χ0v) is 31.1. The van der Waals surface area contributed by atoms with Gasteiger partial charge in [-0.15, -0.1) is 29.3 Å². The van der Waals surface area contributed by atoms with E-state index in [1.165, 1.54) is 27.5 Å². The van der Waals surface area contributed by atoms with Gasteiger partial charge in [-0.3, -0.25) is 4.98 Å². The van der Waals surface area contributed by atoms with Gasteiger partial charge in [0.1, 0.15) is 11.3 Å². The SMILES string of the molecule is CC(C)(C)c1cc(-c2[c-]ccc3c2C(C)(C)c2c-3oc3ccccc23)nc2ccccc12.CC(C)N=C([N-]C(C)C)C(C)C.[Ir]. The fraction of sp³-hybridized carbons (Fsp3) is 0.400. The third-order valence-electron chi connectivity index (χ3n) is 8.16. The molecule has 1 aliphatic carbocycles. The Morgan fingerprint density at radius 2 is 1.53 bits per heavy atom. The van der Waals surface area contributed by atoms with Gasteiger partial charge in [-0.1, -0.05) is 130 Å². The molecular weight excluding hydrogens is 731 g/mol. The van der Waals surface area contributed by atoms with Gasteiger partial charge in [0, 0.05) is 36.4 Å². The number of aliphatic imine (C=N–C) groups is 1. The Morgan fingerprint density at radius 3 is 2.16 bits per heavy atom. The summed E-state index contributed by atoms with van der Waals surface area (Å²) in [6, 6.07) is 27.5. The van der Waals surface area contributed by atoms with Crippen LogP contribution in [-0.2, 0) is 30.9 Å². The van der Waals surface area contributed by atoms with E-state index >= 15 is 0 Å². The zero-order valence-electron chi connectivity index (χ0n) is 28.7. The molecule has 0 atom stereocenters. The van der Waals surface area contributed by atoms with E-state index in [1.807, 2.05) is 12.1 Å². The predicted molar refractivity (Wildman–Crippen MR) is 188 cm³/mol. The second-order valence-electron chi connectivity index (χ2n) is 14.3. The molecule has 0 saturated carbocycles. The summed E-state index contributed by atoms with van der Waals surface area (Å²) in [6.45, 7) is 24.0. The minimum absolute atomic E-state index is 0. The molecule has 0 unspecified atom stereocenters. The number of hydrogen-bond acceptors (Lipinski definition) is 3. The normalized spacial score (nSPS) is 14.0. The fourth-order valence-corrected chi connectivity index (χ4v) is 6.30. The fourth-order valence-electron chi connectivity index (χ4n) is 6.30. The number of amidine groups is 1. The van der Waals surface area contributed by atoms with Crippen molar-refractivity contribution in [2.45, 2.75) is 99.1 Å². The number of aromatic nitrogens is 1. The first-order valence-electron chi connectivity index (χ1n) is 16.0. The van der Waals surface area contributed by atoms with Gasteiger partial charge in [0.15, 0.2) is 0 Å². The third kappa shape index (κ3) is 6.81. The molecular formula is C40H47IrN3O-2. The molecule has 2 heterocycles. The van der Waals surface area contributed by atoms with E-state index in [1.54, 1.807) is 0 Å². The van der Waals surface area contributed by atoms with Gasteiger partial charge in [-0.25, -0.2) is 0 Å². The molecule has 1 radical (unpaired) electrons. The number of hydrogen-bond donors (Lipinski definition) is 0. The molecule has 239 valence electrons. The van der Waals surface area contributed by atoms with E-state index in [4.69, 9.17) is 9.40 Å². The van der Waals surface area contributed by atoms with Crippen LogP contribution in [0.5, 0.6) is 0 Å². The summed E-state index contributed by atoms with van der Waals surface area (Å²) < 4.78 is 6.38. The molecule has 6 rings (SSSR count). The summed E-state index contributed by atoms with van der Waals surface area (Å²) in [5.74, 6) is 2.42. The molecule has 5 heteroatoms. The van der Waals surface area contributed by atoms with E-state index in [-0.39, 0.29) is 30.9 Å². The molecule has 45 heavy (non-hydrogen) atoms. The van der Waals surface area contributed by atoms with Gasteiger partial charge in [-0.05, 0) is 52.2 Å². The van der Waals surface area contributed by atoms with Crippen LogP contribution in [0.3, 0.4) is 0 Å². The number of pyridine rings is 1. The molecule has 0 saturated heterocycles. The van der Waals surface area contributed by atoms with Crippen LogP contribution in [0.2, 0.25) is 0 Å². The van der Waals surface area contributed by atoms with Crippen molar-refractivity contribution in [3.05, 3.63) is 94.8 Å². The van der Waals surface area contributed by atoms with Crippen LogP contribution in [0.1, 0.15) is 92.9 Å². The van der Waals surface area contributed by atoms with Gasteiger partial charge < -0.3 is 14.7 Å². The molecule has 1 aliphatic rings. The van der Waals surface area contributed by atoms with Gasteiger partial charge in [0.05, 0.1) is 5.52 Å². The molecule has 0 spiro atoms. The van der Waals surface area contributed by atoms with Crippen LogP contribution >= 0.6 is 0 Å². The Labute approximate surface area is 283 Å². The summed E-state index contributed by atoms with van der Waals surface area (Å²) in [6.07, 6.45) is 0. The quantitative estimate of drug-likeness (QED) is 0.104. The second-order valence-corrected chi connectivity index (χ2v) is 14.3. The van der Waals surface area contributed by atoms with E-state index < -0.39 is 0 Å². The Kier molecular flexibility index (Phi) is 10.2. The Hall–Kier alpha value is -3.27. The number of para-hydroxylation sites is 2. The molecule has 0 fully saturated rings. The number of furan rings is 1. The van der Waals surface area contributed by atoms with Crippen molar-refractivity contribution in [3.8, 4) is 22.6 Å². The molecule has 5 aromatic rings. The summed E-state index contributed by atoms with van der Waals surface area (Å²) in [5.41, 5.74) is 8.80. The Morgan fingerprint density at radius 1 is 0.889 bits per heavy atom. The largest absolute Gasteiger partial charge is 0.466 e. The van der Waals surface area contributed by atoms with Crippen molar-refractivity contribution in [2.24, 2.45) is 10.9 Å². The maximum Gasteiger partial charge on any atom is 0.135 e. The number of nitrogens with zero attached hydrogens (tertiary/aromatic N) is 3. The molecule has 4 nitrogen and oxygen atoms in total. The van der Waals surface area contributed by atoms with E-state index in [2.05, 4.69) is 147 Å². The van der Waals surface area contributed by atoms with Gasteiger partial charge in [0.2, 0.25) is 0 Å². The average Bonchev–Trinajstić information content (AvgIpc) is 3.45. The second kappa shape index (κ2) is 13.2. The summed E-state index contributed by atoms with van der Waals surface area (Å²) in [5, 5.41) is 6.87. The first-order chi connectivity index (χ1) is 20.7. The average molecular weight is 778 g/mol. The van der Waals surface area contributed by atoms with Gasteiger partial charge >= 0.3 is 0 Å². The standard InChI is InChI=1S/C30H26NO.C10H21N2.Ir/c1-29(2,3)22-17-24(31-23-15-8-6-11-18(22)23)19-13-10-14-21-26(19)30(4,5)27-20-12-7-9-16-25(20)32-28(21)27;1-7(2)10(11-8(3)4)12-9(5)6;/h6-12,14-17H,1-5H3;7-9H,1-6H3;/q2*-1;. The first kappa shape index (κ1) is 34.6. The molecule has 0 amide bonds. The minimum atomic E-state index is -0.209. The van der Waals surface area contributed by atoms with Crippen LogP contribution < -0.4 is 0 Å². The summed E-state index contributed by atoms with van der Waals surface area (Å²) >= 11 is 0. The predicted octanol–water partition coefficient (Wildman–Crippen LogP) is 11.3. The molecule has 0 aliphatic heterocycles. The van der Waals surface area contributed by atoms with E-state index in [9.17, 15) is 0 Å². The summed E-state index contributed by atoms with van der Waals surface area (Å²) in [4.78, 5) is 9.58. The Bertz CT molecular complexity index is 1840. The maximum absolute atomic E-state index is 6.38. The minimum Gasteiger partial charge on any atom is -0.466 e. The number of fused-ring (bicyclic) bond motifs is 6. The van der Waals surface area contributed by atoms with Crippen LogP contribution in [0.25, 0.3) is 49.8 Å². The van der Waals surface area contributed by atoms with Gasteiger partial charge in [-0.2, -0.15) is 0 Å². The van der Waals surface area contributed by atoms with Crippen molar-refractivity contribution in [2.75, 3.05) is 0 Å². The van der Waals surface area contributed by atoms with Gasteiger partial charge in [0.25, 0.3) is 0 Å². The molecule has 0 N–H and O–H groups in total. The van der Waals surface area contributed by atoms with Crippen LogP contribution in [0, 0.1) is 12.0 Å². The number of benzene rings is 3. The first-order valence-corrected chi connectivity index (χ1v) is 16.0. The molecule has 0 bridgehead atoms. The summed E-state index contributed by atoms with van der Waals surface area (Å²) in [7, 11) is 0. The van der Waals surface area contributed by atoms with Crippen LogP contribution in [0.4, 0.5) is 0 Å². The maximum atomic E-state index is 6.38. The van der Waals surface area contributed by atoms with Crippen molar-refractivity contribution in [3.63, 3.8) is 0 Å². The van der Waals surface area contributed by atoms with E-state index in [0.717, 1.165) is 39.5 Å². The third-order valence-corrected chi connectivity index (χ3v) is 8.16. The van der Waals surface area contributed by atoms with E-state index in [0.29, 0.717) is 18.0 Å². The van der Waals surface area contributed by atoms with Crippen LogP contribution in [0.15, 0.2) is 76.1 Å². The smallest absolute Gasteiger partial charge is 0.135 e. The van der Waals surface area contributed by atoms with Crippen molar-refractivity contribution in [1.82, 2.24) is 4.98 Å². The topological polar surface area (TPSA) is 52.5 Å². The van der Waals surface area contributed by atoms with Crippen molar-refractivity contribution >= 4 is 27.7 Å². The van der Waals surface area contributed by atoms with Crippen LogP contribution in [-0.4, -0.2) is 22.9 Å². The molecule has 2 aromatic heterocycles. The molecule has 3 aromatic carbocycles. The van der Waals surface area contributed by atoms with Crippen molar-refractivity contribution < 1.29 is 24.5 Å². The number of rotatable bonds is 4.